The minimum absolute atomic E-state index is 0. The van der Waals surface area contributed by atoms with Crippen molar-refractivity contribution in [3.8, 4) is 5.75 Å². The minimum Gasteiger partial charge on any atom is -0.508 e. The number of phenolic OH excluding ortho intramolecular Hbond substituents is 1. The number of nitrogens with two attached hydrogens (primary N) is 1. The number of phenols is 1. The summed E-state index contributed by atoms with van der Waals surface area (Å²) in [5, 5.41) is 9.31. The van der Waals surface area contributed by atoms with Gasteiger partial charge in [0, 0.05) is 6.04 Å². The van der Waals surface area contributed by atoms with Crippen LogP contribution in [0.4, 0.5) is 0 Å². The molecule has 0 amide bonds. The van der Waals surface area contributed by atoms with Crippen LogP contribution in [-0.2, 0) is 0 Å². The third-order valence-electron chi connectivity index (χ3n) is 2.17. The van der Waals surface area contributed by atoms with Crippen molar-refractivity contribution in [1.29, 1.82) is 0 Å². The maximum Gasteiger partial charge on any atom is 0.116 e. The Bertz CT molecular complexity index is 313. The number of rotatable bonds is 2. The molecule has 1 aromatic carbocycles. The zero-order valence-electron chi connectivity index (χ0n) is 8.45. The van der Waals surface area contributed by atoms with Crippen molar-refractivity contribution in [3.05, 3.63) is 41.5 Å². The van der Waals surface area contributed by atoms with Crippen LogP contribution in [0.2, 0.25) is 0 Å². The second-order valence-electron chi connectivity index (χ2n) is 3.25. The molecule has 78 valence electrons. The van der Waals surface area contributed by atoms with Gasteiger partial charge in [0.05, 0.1) is 0 Å². The molecule has 14 heavy (non-hydrogen) atoms. The zero-order valence-corrected chi connectivity index (χ0v) is 9.27. The fraction of sp³-hybridized carbons (Fsp3) is 0.273. The van der Waals surface area contributed by atoms with Crippen LogP contribution in [0.25, 0.3) is 0 Å². The molecular formula is C11H16ClNO. The van der Waals surface area contributed by atoms with E-state index in [9.17, 15) is 5.11 Å². The molecule has 1 aromatic rings. The summed E-state index contributed by atoms with van der Waals surface area (Å²) < 4.78 is 0. The van der Waals surface area contributed by atoms with Gasteiger partial charge in [-0.2, -0.15) is 0 Å². The maximum absolute atomic E-state index is 9.31. The molecule has 2 nitrogen and oxygen atoms in total. The Balaban J connectivity index is 0.00000169. The molecule has 0 saturated carbocycles. The van der Waals surface area contributed by atoms with Crippen molar-refractivity contribution in [2.24, 2.45) is 5.73 Å². The molecule has 0 radical (unpaired) electrons. The van der Waals surface area contributed by atoms with Crippen LogP contribution in [0.1, 0.15) is 22.7 Å². The van der Waals surface area contributed by atoms with Gasteiger partial charge in [0.1, 0.15) is 5.75 Å². The molecule has 0 aliphatic carbocycles. The Morgan fingerprint density at radius 3 is 2.14 bits per heavy atom. The summed E-state index contributed by atoms with van der Waals surface area (Å²) in [6.45, 7) is 7.53. The van der Waals surface area contributed by atoms with Crippen LogP contribution in [0.5, 0.6) is 5.75 Å². The highest BCUT2D eigenvalue weighted by Gasteiger charge is 2.09. The van der Waals surface area contributed by atoms with Crippen LogP contribution in [0.3, 0.4) is 0 Å². The normalized spacial score (nSPS) is 11.6. The highest BCUT2D eigenvalue weighted by Crippen LogP contribution is 2.25. The van der Waals surface area contributed by atoms with Gasteiger partial charge in [0.2, 0.25) is 0 Å². The second-order valence-corrected chi connectivity index (χ2v) is 3.25. The largest absolute Gasteiger partial charge is 0.508 e. The summed E-state index contributed by atoms with van der Waals surface area (Å²) >= 11 is 0. The molecule has 0 spiro atoms. The van der Waals surface area contributed by atoms with Gasteiger partial charge in [-0.15, -0.1) is 19.0 Å². The number of aromatic hydroxyl groups is 1. The lowest BCUT2D eigenvalue weighted by Gasteiger charge is -2.14. The van der Waals surface area contributed by atoms with Gasteiger partial charge >= 0.3 is 0 Å². The first-order valence-corrected chi connectivity index (χ1v) is 4.24. The van der Waals surface area contributed by atoms with Gasteiger partial charge in [-0.05, 0) is 42.7 Å². The van der Waals surface area contributed by atoms with E-state index >= 15 is 0 Å². The molecule has 0 aromatic heterocycles. The molecule has 3 heteroatoms. The van der Waals surface area contributed by atoms with E-state index in [0.29, 0.717) is 0 Å². The second kappa shape index (κ2) is 5.03. The summed E-state index contributed by atoms with van der Waals surface area (Å²) in [5.41, 5.74) is 8.90. The van der Waals surface area contributed by atoms with Gasteiger partial charge in [-0.3, -0.25) is 0 Å². The van der Waals surface area contributed by atoms with Crippen molar-refractivity contribution >= 4 is 12.4 Å². The summed E-state index contributed by atoms with van der Waals surface area (Å²) in [5.74, 6) is 0.287. The quantitative estimate of drug-likeness (QED) is 0.742. The lowest BCUT2D eigenvalue weighted by molar-refractivity contribution is 0.474. The van der Waals surface area contributed by atoms with Crippen LogP contribution in [0, 0.1) is 13.8 Å². The lowest BCUT2D eigenvalue weighted by Crippen LogP contribution is -2.10. The van der Waals surface area contributed by atoms with Gasteiger partial charge < -0.3 is 10.8 Å². The van der Waals surface area contributed by atoms with E-state index in [2.05, 4.69) is 6.58 Å². The SMILES string of the molecule is C=C[C@@H](N)c1c(C)cc(O)cc1C.Cl. The summed E-state index contributed by atoms with van der Waals surface area (Å²) in [6, 6.07) is 3.28. The minimum atomic E-state index is -0.152. The number of hydrogen-bond acceptors (Lipinski definition) is 2. The fourth-order valence-corrected chi connectivity index (χ4v) is 1.60. The average molecular weight is 214 g/mol. The Morgan fingerprint density at radius 2 is 1.79 bits per heavy atom. The molecule has 0 aliphatic heterocycles. The molecule has 0 fully saturated rings. The molecule has 1 atom stereocenters. The van der Waals surface area contributed by atoms with Crippen LogP contribution < -0.4 is 5.73 Å². The predicted molar refractivity (Wildman–Crippen MR) is 62.0 cm³/mol. The van der Waals surface area contributed by atoms with E-state index < -0.39 is 0 Å². The average Bonchev–Trinajstić information content (AvgIpc) is 2.02. The number of aryl methyl sites for hydroxylation is 2. The van der Waals surface area contributed by atoms with Gasteiger partial charge in [-0.1, -0.05) is 6.08 Å². The number of hydrogen-bond donors (Lipinski definition) is 2. The van der Waals surface area contributed by atoms with Crippen LogP contribution in [-0.4, -0.2) is 5.11 Å². The Hall–Kier alpha value is -0.990. The topological polar surface area (TPSA) is 46.2 Å². The Morgan fingerprint density at radius 1 is 1.36 bits per heavy atom. The van der Waals surface area contributed by atoms with Crippen molar-refractivity contribution in [3.63, 3.8) is 0 Å². The molecule has 1 rings (SSSR count). The highest BCUT2D eigenvalue weighted by molar-refractivity contribution is 5.85. The van der Waals surface area contributed by atoms with Crippen molar-refractivity contribution in [1.82, 2.24) is 0 Å². The molecule has 3 N–H and O–H groups in total. The van der Waals surface area contributed by atoms with E-state index in [4.69, 9.17) is 5.73 Å². The smallest absolute Gasteiger partial charge is 0.116 e. The zero-order chi connectivity index (χ0) is 10.0. The first kappa shape index (κ1) is 13.0. The van der Waals surface area contributed by atoms with Crippen molar-refractivity contribution in [2.75, 3.05) is 0 Å². The monoisotopic (exact) mass is 213 g/mol. The highest BCUT2D eigenvalue weighted by atomic mass is 35.5. The molecule has 0 unspecified atom stereocenters. The number of benzene rings is 1. The third kappa shape index (κ3) is 2.50. The Kier molecular flexibility index (Phi) is 4.68. The first-order valence-electron chi connectivity index (χ1n) is 4.24. The summed E-state index contributed by atoms with van der Waals surface area (Å²) in [4.78, 5) is 0. The molecule has 0 bridgehead atoms. The van der Waals surface area contributed by atoms with Crippen molar-refractivity contribution < 1.29 is 5.11 Å². The lowest BCUT2D eigenvalue weighted by atomic mass is 9.96. The maximum atomic E-state index is 9.31. The van der Waals surface area contributed by atoms with E-state index in [-0.39, 0.29) is 24.2 Å². The standard InChI is InChI=1S/C11H15NO.ClH/c1-4-10(12)11-7(2)5-9(13)6-8(11)3;/h4-6,10,13H,1,12H2,2-3H3;1H/t10-;/m1./s1. The van der Waals surface area contributed by atoms with Crippen LogP contribution in [0.15, 0.2) is 24.8 Å². The van der Waals surface area contributed by atoms with Crippen molar-refractivity contribution in [2.45, 2.75) is 19.9 Å². The predicted octanol–water partition coefficient (Wildman–Crippen LogP) is 2.62. The number of halogens is 1. The van der Waals surface area contributed by atoms with E-state index in [0.717, 1.165) is 16.7 Å². The van der Waals surface area contributed by atoms with Gasteiger partial charge in [-0.25, -0.2) is 0 Å². The van der Waals surface area contributed by atoms with E-state index in [1.54, 1.807) is 18.2 Å². The van der Waals surface area contributed by atoms with E-state index in [1.165, 1.54) is 0 Å². The Labute approximate surface area is 90.9 Å². The third-order valence-corrected chi connectivity index (χ3v) is 2.17. The molecule has 0 heterocycles. The van der Waals surface area contributed by atoms with Gasteiger partial charge in [0.15, 0.2) is 0 Å². The molecule has 0 saturated heterocycles. The van der Waals surface area contributed by atoms with E-state index in [1.807, 2.05) is 13.8 Å². The fourth-order valence-electron chi connectivity index (χ4n) is 1.60. The summed E-state index contributed by atoms with van der Waals surface area (Å²) in [6.07, 6.45) is 1.70. The molecular weight excluding hydrogens is 198 g/mol. The summed E-state index contributed by atoms with van der Waals surface area (Å²) in [7, 11) is 0. The van der Waals surface area contributed by atoms with Gasteiger partial charge in [0.25, 0.3) is 0 Å². The first-order chi connectivity index (χ1) is 6.06. The molecule has 0 aliphatic rings. The van der Waals surface area contributed by atoms with Crippen LogP contribution >= 0.6 is 12.4 Å².